The summed E-state index contributed by atoms with van der Waals surface area (Å²) in [5.74, 6) is 0.380. The van der Waals surface area contributed by atoms with Crippen LogP contribution in [0, 0.1) is 5.41 Å². The maximum atomic E-state index is 14.2. The number of nitrogens with one attached hydrogen (secondary N) is 1. The molecular weight excluding hydrogens is 506 g/mol. The highest BCUT2D eigenvalue weighted by atomic mass is 32.2. The number of sulfonamides is 1. The number of fused-ring (bicyclic) bond motifs is 1. The second-order valence-electron chi connectivity index (χ2n) is 8.14. The summed E-state index contributed by atoms with van der Waals surface area (Å²) in [6, 6.07) is 18.0. The minimum Gasteiger partial charge on any atom is -0.496 e. The zero-order chi connectivity index (χ0) is 25.5. The van der Waals surface area contributed by atoms with E-state index in [2.05, 4.69) is 5.27 Å². The molecule has 0 spiro atoms. The molecule has 1 aromatic heterocycles. The van der Waals surface area contributed by atoms with Gasteiger partial charge in [0.15, 0.2) is 9.84 Å². The van der Waals surface area contributed by atoms with Crippen molar-refractivity contribution in [3.8, 4) is 5.75 Å². The van der Waals surface area contributed by atoms with Crippen LogP contribution in [0.15, 0.2) is 87.2 Å². The van der Waals surface area contributed by atoms with Crippen LogP contribution in [0.2, 0.25) is 0 Å². The lowest BCUT2D eigenvalue weighted by Crippen LogP contribution is -2.72. The first-order valence-corrected chi connectivity index (χ1v) is 13.9. The molecule has 1 aliphatic rings. The summed E-state index contributed by atoms with van der Waals surface area (Å²) in [5.41, 5.74) is -0.266. The molecule has 0 saturated carbocycles. The Labute approximate surface area is 207 Å². The Morgan fingerprint density at radius 2 is 1.72 bits per heavy atom. The van der Waals surface area contributed by atoms with Crippen molar-refractivity contribution in [1.29, 1.82) is 5.41 Å². The summed E-state index contributed by atoms with van der Waals surface area (Å²) in [6.07, 6.45) is 1.23. The Hall–Kier alpha value is -3.68. The summed E-state index contributed by atoms with van der Waals surface area (Å²) < 4.78 is 66.7. The fraction of sp³-hybridized carbons (Fsp3) is 0.217. The van der Waals surface area contributed by atoms with Crippen molar-refractivity contribution in [2.75, 3.05) is 31.8 Å². The topological polar surface area (TPSA) is 139 Å². The number of nitrogens with zero attached hydrogens (tertiary/aromatic N) is 4. The van der Waals surface area contributed by atoms with E-state index in [1.54, 1.807) is 48.5 Å². The number of ether oxygens (including phenoxy) is 1. The van der Waals surface area contributed by atoms with Crippen molar-refractivity contribution < 1.29 is 30.9 Å². The highest BCUT2D eigenvalue weighted by molar-refractivity contribution is 7.92. The van der Waals surface area contributed by atoms with E-state index in [0.29, 0.717) is 16.5 Å². The van der Waals surface area contributed by atoms with Crippen molar-refractivity contribution >= 4 is 30.6 Å². The Bertz CT molecular complexity index is 1680. The molecule has 36 heavy (non-hydrogen) atoms. The van der Waals surface area contributed by atoms with Gasteiger partial charge in [0.2, 0.25) is 10.0 Å². The van der Waals surface area contributed by atoms with Crippen molar-refractivity contribution in [3.05, 3.63) is 78.5 Å². The molecule has 11 nitrogen and oxygen atoms in total. The molecule has 1 aliphatic heterocycles. The smallest absolute Gasteiger partial charge is 0.286 e. The number of piperazine rings is 1. The van der Waals surface area contributed by atoms with Crippen molar-refractivity contribution in [3.63, 3.8) is 0 Å². The van der Waals surface area contributed by atoms with E-state index in [0.717, 1.165) is 9.10 Å². The quantitative estimate of drug-likeness (QED) is 0.359. The third kappa shape index (κ3) is 4.04. The van der Waals surface area contributed by atoms with Gasteiger partial charge in [-0.3, -0.25) is 10.4 Å². The Morgan fingerprint density at radius 1 is 1.00 bits per heavy atom. The molecular formula is C23H23N5O6S2. The minimum absolute atomic E-state index is 0.00148. The van der Waals surface area contributed by atoms with Crippen LogP contribution >= 0.6 is 0 Å². The van der Waals surface area contributed by atoms with E-state index < -0.39 is 25.2 Å². The van der Waals surface area contributed by atoms with Crippen molar-refractivity contribution in [2.45, 2.75) is 15.2 Å². The van der Waals surface area contributed by atoms with E-state index in [-0.39, 0.29) is 35.0 Å². The summed E-state index contributed by atoms with van der Waals surface area (Å²) in [4.78, 5) is 1.21. The van der Waals surface area contributed by atoms with Crippen LogP contribution in [0.3, 0.4) is 0 Å². The van der Waals surface area contributed by atoms with Crippen LogP contribution in [-0.4, -0.2) is 53.3 Å². The predicted octanol–water partition coefficient (Wildman–Crippen LogP) is 0.608. The number of methoxy groups -OCH3 is 1. The number of benzene rings is 3. The second kappa shape index (κ2) is 9.08. The van der Waals surface area contributed by atoms with E-state index in [1.165, 1.54) is 36.5 Å². The van der Waals surface area contributed by atoms with Gasteiger partial charge in [-0.25, -0.2) is 16.8 Å². The van der Waals surface area contributed by atoms with Gasteiger partial charge in [-0.05, 0) is 34.9 Å². The first-order valence-electron chi connectivity index (χ1n) is 11.0. The molecule has 13 heteroatoms. The molecule has 0 amide bonds. The van der Waals surface area contributed by atoms with E-state index in [1.807, 2.05) is 0 Å². The molecule has 0 radical (unpaired) electrons. The van der Waals surface area contributed by atoms with Crippen LogP contribution in [0.5, 0.6) is 5.75 Å². The first kappa shape index (κ1) is 24.0. The van der Waals surface area contributed by atoms with Gasteiger partial charge in [-0.1, -0.05) is 47.3 Å². The van der Waals surface area contributed by atoms with Crippen LogP contribution in [-0.2, 0) is 19.9 Å². The average molecular weight is 530 g/mol. The zero-order valence-corrected chi connectivity index (χ0v) is 20.8. The monoisotopic (exact) mass is 529 g/mol. The summed E-state index contributed by atoms with van der Waals surface area (Å²) >= 11 is 0. The standard InChI is InChI=1S/C23H23N5O6S2/c1-33-19-11-5-7-17-8-6-12-20(23(17)19)35(29,30)22-16-26(36(31,32)18-9-3-2-4-10-18)13-14-27(22)28-15-21(24)34-25-28/h2-12,15,22,24H,13-14,16H2,1H3. The molecule has 1 N–H and O–H groups in total. The maximum Gasteiger partial charge on any atom is 0.286 e. The molecule has 1 atom stereocenters. The number of sulfone groups is 1. The van der Waals surface area contributed by atoms with Crippen LogP contribution in [0.25, 0.3) is 10.8 Å². The molecule has 188 valence electrons. The van der Waals surface area contributed by atoms with Gasteiger partial charge in [-0.2, -0.15) is 4.31 Å². The summed E-state index contributed by atoms with van der Waals surface area (Å²) in [7, 11) is -6.72. The highest BCUT2D eigenvalue weighted by Crippen LogP contribution is 2.34. The molecule has 1 fully saturated rings. The lowest BCUT2D eigenvalue weighted by molar-refractivity contribution is -0.765. The molecule has 4 aromatic rings. The summed E-state index contributed by atoms with van der Waals surface area (Å²) in [5, 5.41) is 12.5. The minimum atomic E-state index is -4.21. The predicted molar refractivity (Wildman–Crippen MR) is 128 cm³/mol. The van der Waals surface area contributed by atoms with Gasteiger partial charge in [0, 0.05) is 25.0 Å². The van der Waals surface area contributed by atoms with E-state index in [9.17, 15) is 16.8 Å². The lowest BCUT2D eigenvalue weighted by atomic mass is 10.1. The zero-order valence-electron chi connectivity index (χ0n) is 19.2. The Morgan fingerprint density at radius 3 is 2.39 bits per heavy atom. The Kier molecular flexibility index (Phi) is 6.06. The number of rotatable bonds is 6. The van der Waals surface area contributed by atoms with Gasteiger partial charge in [0.05, 0.1) is 16.9 Å². The second-order valence-corrected chi connectivity index (χ2v) is 12.2. The van der Waals surface area contributed by atoms with Gasteiger partial charge >= 0.3 is 0 Å². The number of hydrogen-bond acceptors (Lipinski definition) is 8. The van der Waals surface area contributed by atoms with Gasteiger partial charge in [-0.15, -0.1) is 0 Å². The maximum absolute atomic E-state index is 14.2. The Balaban J connectivity index is 1.65. The van der Waals surface area contributed by atoms with E-state index in [4.69, 9.17) is 14.7 Å². The third-order valence-electron chi connectivity index (χ3n) is 6.08. The van der Waals surface area contributed by atoms with Gasteiger partial charge < -0.3 is 9.26 Å². The molecule has 1 saturated heterocycles. The normalized spacial score (nSPS) is 17.4. The summed E-state index contributed by atoms with van der Waals surface area (Å²) in [6.45, 7) is -0.359. The fourth-order valence-electron chi connectivity index (χ4n) is 4.36. The largest absolute Gasteiger partial charge is 0.496 e. The van der Waals surface area contributed by atoms with E-state index >= 15 is 0 Å². The van der Waals surface area contributed by atoms with Crippen LogP contribution in [0.4, 0.5) is 0 Å². The van der Waals surface area contributed by atoms with Crippen LogP contribution < -0.4 is 25.4 Å². The average Bonchev–Trinajstić information content (AvgIpc) is 3.34. The molecule has 2 heterocycles. The third-order valence-corrected chi connectivity index (χ3v) is 10.0. The van der Waals surface area contributed by atoms with Crippen LogP contribution in [0.1, 0.15) is 0 Å². The van der Waals surface area contributed by atoms with Crippen molar-refractivity contribution in [2.24, 2.45) is 0 Å². The van der Waals surface area contributed by atoms with Gasteiger partial charge in [0.25, 0.3) is 11.8 Å². The number of aromatic nitrogens is 2. The molecule has 0 bridgehead atoms. The molecule has 3 aromatic carbocycles. The first-order chi connectivity index (χ1) is 17.2. The van der Waals surface area contributed by atoms with Crippen molar-refractivity contribution in [1.82, 2.24) is 9.58 Å². The SMILES string of the molecule is COc1cccc2cccc(S(=O)(=O)C3CN(S(=O)(=O)c4ccccc4)CCN3[n+]3cc(=N)o[n-]3)c12. The highest BCUT2D eigenvalue weighted by Gasteiger charge is 2.42. The molecule has 1 unspecified atom stereocenters. The molecule has 5 rings (SSSR count). The lowest BCUT2D eigenvalue weighted by Gasteiger charge is -2.40. The number of hydrogen-bond donors (Lipinski definition) is 1. The molecule has 0 aliphatic carbocycles. The van der Waals surface area contributed by atoms with Gasteiger partial charge in [0.1, 0.15) is 11.1 Å². The fourth-order valence-corrected chi connectivity index (χ4v) is 7.87.